The molecule has 48 valence electrons. The lowest BCUT2D eigenvalue weighted by molar-refractivity contribution is 0.578. The highest BCUT2D eigenvalue weighted by Crippen LogP contribution is 2.07. The van der Waals surface area contributed by atoms with Gasteiger partial charge >= 0.3 is 0 Å². The number of nitrogens with one attached hydrogen (secondary N) is 1. The van der Waals surface area contributed by atoms with Crippen molar-refractivity contribution in [2.24, 2.45) is 0 Å². The van der Waals surface area contributed by atoms with E-state index in [1.807, 2.05) is 0 Å². The first-order valence-electron chi connectivity index (χ1n) is 3.25. The average Bonchev–Trinajstić information content (AvgIpc) is 2.34. The molecule has 1 heteroatoms. The largest absolute Gasteiger partial charge is 0.303 e. The predicted octanol–water partition coefficient (Wildman–Crippen LogP) is 0.928. The van der Waals surface area contributed by atoms with E-state index in [-0.39, 0.29) is 0 Å². The van der Waals surface area contributed by atoms with Crippen LogP contribution < -0.4 is 5.32 Å². The van der Waals surface area contributed by atoms with Crippen LogP contribution in [0.2, 0.25) is 0 Å². The molecule has 0 saturated carbocycles. The quantitative estimate of drug-likeness (QED) is 0.423. The van der Waals surface area contributed by atoms with E-state index in [1.165, 1.54) is 0 Å². The van der Waals surface area contributed by atoms with Gasteiger partial charge in [0.15, 0.2) is 0 Å². The molecule has 9 heavy (non-hydrogen) atoms. The van der Waals surface area contributed by atoms with Gasteiger partial charge in [0.2, 0.25) is 0 Å². The van der Waals surface area contributed by atoms with Crippen LogP contribution >= 0.6 is 0 Å². The van der Waals surface area contributed by atoms with Gasteiger partial charge in [0.1, 0.15) is 0 Å². The van der Waals surface area contributed by atoms with Crippen LogP contribution in [0.25, 0.3) is 0 Å². The molecule has 0 amide bonds. The molecule has 0 aromatic rings. The summed E-state index contributed by atoms with van der Waals surface area (Å²) in [6, 6.07) is 0.612. The molecule has 0 radical (unpaired) electrons. The van der Waals surface area contributed by atoms with Crippen molar-refractivity contribution in [3.05, 3.63) is 12.2 Å². The number of hydrogen-bond donors (Lipinski definition) is 1. The highest BCUT2D eigenvalue weighted by Gasteiger charge is 2.06. The summed E-state index contributed by atoms with van der Waals surface area (Å²) < 4.78 is 0. The summed E-state index contributed by atoms with van der Waals surface area (Å²) in [6.07, 6.45) is 11.7. The maximum atomic E-state index is 5.07. The van der Waals surface area contributed by atoms with Crippen molar-refractivity contribution in [2.75, 3.05) is 6.54 Å². The van der Waals surface area contributed by atoms with Crippen molar-refractivity contribution in [3.63, 3.8) is 0 Å². The van der Waals surface area contributed by atoms with Crippen molar-refractivity contribution >= 4 is 0 Å². The van der Waals surface area contributed by atoms with Gasteiger partial charge in [0.05, 0.1) is 6.54 Å². The summed E-state index contributed by atoms with van der Waals surface area (Å²) in [4.78, 5) is 0. The first kappa shape index (κ1) is 6.38. The van der Waals surface area contributed by atoms with Crippen LogP contribution in [0.5, 0.6) is 0 Å². The van der Waals surface area contributed by atoms with Crippen LogP contribution in [-0.4, -0.2) is 12.6 Å². The van der Waals surface area contributed by atoms with E-state index in [1.54, 1.807) is 0 Å². The van der Waals surface area contributed by atoms with Gasteiger partial charge in [-0.2, -0.15) is 0 Å². The molecule has 0 bridgehead atoms. The monoisotopic (exact) mass is 121 g/mol. The molecule has 1 aliphatic carbocycles. The molecule has 0 aromatic carbocycles. The second-order valence-electron chi connectivity index (χ2n) is 2.22. The van der Waals surface area contributed by atoms with Crippen molar-refractivity contribution in [1.82, 2.24) is 5.32 Å². The minimum Gasteiger partial charge on any atom is -0.303 e. The zero-order valence-electron chi connectivity index (χ0n) is 5.43. The SMILES string of the molecule is C#CCNC1CC=CC1. The number of hydrogen-bond acceptors (Lipinski definition) is 1. The molecule has 1 aliphatic rings. The highest BCUT2D eigenvalue weighted by molar-refractivity contribution is 4.99. The minimum absolute atomic E-state index is 0.612. The van der Waals surface area contributed by atoms with E-state index >= 15 is 0 Å². The van der Waals surface area contributed by atoms with Gasteiger partial charge in [-0.3, -0.25) is 0 Å². The van der Waals surface area contributed by atoms with Crippen LogP contribution in [0.4, 0.5) is 0 Å². The van der Waals surface area contributed by atoms with Crippen molar-refractivity contribution in [1.29, 1.82) is 0 Å². The van der Waals surface area contributed by atoms with Gasteiger partial charge in [-0.25, -0.2) is 0 Å². The summed E-state index contributed by atoms with van der Waals surface area (Å²) in [5.74, 6) is 2.56. The fourth-order valence-corrected chi connectivity index (χ4v) is 0.987. The normalized spacial score (nSPS) is 18.1. The third kappa shape index (κ3) is 1.91. The van der Waals surface area contributed by atoms with Crippen molar-refractivity contribution in [2.45, 2.75) is 18.9 Å². The summed E-state index contributed by atoms with van der Waals surface area (Å²) in [7, 11) is 0. The summed E-state index contributed by atoms with van der Waals surface area (Å²) in [5.41, 5.74) is 0. The van der Waals surface area contributed by atoms with E-state index in [2.05, 4.69) is 23.4 Å². The molecule has 0 unspecified atom stereocenters. The summed E-state index contributed by atoms with van der Waals surface area (Å²) in [6.45, 7) is 0.701. The van der Waals surface area contributed by atoms with Crippen LogP contribution in [0.1, 0.15) is 12.8 Å². The highest BCUT2D eigenvalue weighted by atomic mass is 14.9. The van der Waals surface area contributed by atoms with Gasteiger partial charge in [-0.05, 0) is 12.8 Å². The molecule has 1 nitrogen and oxygen atoms in total. The Kier molecular flexibility index (Phi) is 2.35. The van der Waals surface area contributed by atoms with E-state index < -0.39 is 0 Å². The lowest BCUT2D eigenvalue weighted by atomic mass is 10.2. The third-order valence-corrected chi connectivity index (χ3v) is 1.50. The Hall–Kier alpha value is -0.740. The molecular weight excluding hydrogens is 110 g/mol. The minimum atomic E-state index is 0.612. The standard InChI is InChI=1S/C8H11N/c1-2-7-9-8-5-3-4-6-8/h1,3-4,8-9H,5-7H2. The predicted molar refractivity (Wildman–Crippen MR) is 39.0 cm³/mol. The van der Waals surface area contributed by atoms with Crippen LogP contribution in [0.15, 0.2) is 12.2 Å². The van der Waals surface area contributed by atoms with Crippen LogP contribution in [-0.2, 0) is 0 Å². The Labute approximate surface area is 56.1 Å². The van der Waals surface area contributed by atoms with Gasteiger partial charge in [-0.15, -0.1) is 6.42 Å². The molecule has 0 atom stereocenters. The van der Waals surface area contributed by atoms with E-state index in [9.17, 15) is 0 Å². The first-order valence-corrected chi connectivity index (χ1v) is 3.25. The second-order valence-corrected chi connectivity index (χ2v) is 2.22. The Morgan fingerprint density at radius 1 is 1.56 bits per heavy atom. The van der Waals surface area contributed by atoms with Crippen molar-refractivity contribution in [3.8, 4) is 12.3 Å². The fraction of sp³-hybridized carbons (Fsp3) is 0.500. The molecular formula is C8H11N. The second kappa shape index (κ2) is 3.32. The van der Waals surface area contributed by atoms with Gasteiger partial charge < -0.3 is 5.32 Å². The molecule has 0 aliphatic heterocycles. The smallest absolute Gasteiger partial charge is 0.0576 e. The van der Waals surface area contributed by atoms with Gasteiger partial charge in [0.25, 0.3) is 0 Å². The van der Waals surface area contributed by atoms with E-state index in [4.69, 9.17) is 6.42 Å². The molecule has 0 heterocycles. The number of rotatable bonds is 2. The molecule has 0 spiro atoms. The Balaban J connectivity index is 2.09. The van der Waals surface area contributed by atoms with Gasteiger partial charge in [0, 0.05) is 6.04 Å². The Morgan fingerprint density at radius 2 is 2.22 bits per heavy atom. The maximum absolute atomic E-state index is 5.07. The van der Waals surface area contributed by atoms with Crippen molar-refractivity contribution < 1.29 is 0 Å². The Bertz CT molecular complexity index is 133. The molecule has 1 rings (SSSR count). The van der Waals surface area contributed by atoms with Gasteiger partial charge in [-0.1, -0.05) is 18.1 Å². The van der Waals surface area contributed by atoms with E-state index in [0.29, 0.717) is 12.6 Å². The lowest BCUT2D eigenvalue weighted by Crippen LogP contribution is -2.26. The summed E-state index contributed by atoms with van der Waals surface area (Å²) in [5, 5.41) is 3.23. The van der Waals surface area contributed by atoms with Crippen LogP contribution in [0.3, 0.4) is 0 Å². The molecule has 0 saturated heterocycles. The molecule has 1 N–H and O–H groups in total. The molecule has 0 fully saturated rings. The first-order chi connectivity index (χ1) is 4.43. The lowest BCUT2D eigenvalue weighted by Gasteiger charge is -2.07. The average molecular weight is 121 g/mol. The van der Waals surface area contributed by atoms with E-state index in [0.717, 1.165) is 12.8 Å². The number of terminal acetylenes is 1. The zero-order valence-corrected chi connectivity index (χ0v) is 5.43. The third-order valence-electron chi connectivity index (χ3n) is 1.50. The maximum Gasteiger partial charge on any atom is 0.0576 e. The van der Waals surface area contributed by atoms with Crippen LogP contribution in [0, 0.1) is 12.3 Å². The topological polar surface area (TPSA) is 12.0 Å². The Morgan fingerprint density at radius 3 is 2.78 bits per heavy atom. The fourth-order valence-electron chi connectivity index (χ4n) is 0.987. The summed E-state index contributed by atoms with van der Waals surface area (Å²) >= 11 is 0. The zero-order chi connectivity index (χ0) is 6.53. The molecule has 0 aromatic heterocycles.